The van der Waals surface area contributed by atoms with Crippen molar-refractivity contribution in [2.75, 3.05) is 19.7 Å². The monoisotopic (exact) mass is 407 g/mol. The van der Waals surface area contributed by atoms with Crippen molar-refractivity contribution in [3.63, 3.8) is 0 Å². The highest BCUT2D eigenvalue weighted by Crippen LogP contribution is 2.45. The number of rotatable bonds is 4. The average molecular weight is 407 g/mol. The number of fused-ring (bicyclic) bond motifs is 3. The van der Waals surface area contributed by atoms with Gasteiger partial charge in [0, 0.05) is 5.92 Å². The molecule has 6 heteroatoms. The van der Waals surface area contributed by atoms with Gasteiger partial charge in [0.15, 0.2) is 0 Å². The highest BCUT2D eigenvalue weighted by molar-refractivity contribution is 5.79. The zero-order valence-corrected chi connectivity index (χ0v) is 16.8. The van der Waals surface area contributed by atoms with Crippen LogP contribution in [-0.2, 0) is 14.3 Å². The van der Waals surface area contributed by atoms with E-state index >= 15 is 0 Å². The van der Waals surface area contributed by atoms with Crippen LogP contribution in [0.1, 0.15) is 42.7 Å². The lowest BCUT2D eigenvalue weighted by Gasteiger charge is -2.52. The predicted molar refractivity (Wildman–Crippen MR) is 110 cm³/mol. The summed E-state index contributed by atoms with van der Waals surface area (Å²) in [7, 11) is 0. The van der Waals surface area contributed by atoms with Gasteiger partial charge in [0.1, 0.15) is 12.2 Å². The van der Waals surface area contributed by atoms with E-state index in [4.69, 9.17) is 14.6 Å². The molecule has 0 radical (unpaired) electrons. The fourth-order valence-electron chi connectivity index (χ4n) is 5.16. The van der Waals surface area contributed by atoms with Crippen molar-refractivity contribution in [1.29, 1.82) is 0 Å². The Kier molecular flexibility index (Phi) is 4.74. The van der Waals surface area contributed by atoms with Gasteiger partial charge in [-0.25, -0.2) is 4.79 Å². The molecule has 1 unspecified atom stereocenters. The van der Waals surface area contributed by atoms with Crippen LogP contribution in [0.5, 0.6) is 0 Å². The standard InChI is InChI=1S/C24H25NO5/c26-22(27)12-16-6-5-11-24(30-16)14-25(15-24)23(28)29-13-21-19-9-3-1-7-17(19)18-8-2-4-10-20(18)21/h1-4,7-10,16,21H,5-6,11-15H2,(H,26,27). The lowest BCUT2D eigenvalue weighted by Crippen LogP contribution is -2.66. The number of ether oxygens (including phenoxy) is 2. The van der Waals surface area contributed by atoms with Crippen LogP contribution in [0.25, 0.3) is 11.1 Å². The summed E-state index contributed by atoms with van der Waals surface area (Å²) in [6, 6.07) is 16.5. The molecule has 3 aliphatic rings. The van der Waals surface area contributed by atoms with Crippen LogP contribution in [-0.4, -0.2) is 53.5 Å². The fourth-order valence-corrected chi connectivity index (χ4v) is 5.16. The average Bonchev–Trinajstić information content (AvgIpc) is 3.04. The van der Waals surface area contributed by atoms with E-state index in [1.807, 2.05) is 24.3 Å². The molecule has 0 bridgehead atoms. The number of carbonyl (C=O) groups excluding carboxylic acids is 1. The van der Waals surface area contributed by atoms with Crippen LogP contribution >= 0.6 is 0 Å². The van der Waals surface area contributed by atoms with Crippen molar-refractivity contribution in [3.05, 3.63) is 59.7 Å². The number of carboxylic acid groups (broad SMARTS) is 1. The number of amides is 1. The first-order chi connectivity index (χ1) is 14.5. The van der Waals surface area contributed by atoms with Crippen LogP contribution in [0.4, 0.5) is 4.79 Å². The van der Waals surface area contributed by atoms with Crippen molar-refractivity contribution in [3.8, 4) is 11.1 Å². The first kappa shape index (κ1) is 19.1. The van der Waals surface area contributed by atoms with Crippen molar-refractivity contribution < 1.29 is 24.2 Å². The van der Waals surface area contributed by atoms with Crippen molar-refractivity contribution >= 4 is 12.1 Å². The molecule has 1 atom stereocenters. The van der Waals surface area contributed by atoms with E-state index in [1.54, 1.807) is 4.90 Å². The largest absolute Gasteiger partial charge is 0.481 e. The molecule has 2 heterocycles. The number of aliphatic carboxylic acids is 1. The molecule has 2 aliphatic heterocycles. The smallest absolute Gasteiger partial charge is 0.409 e. The molecule has 1 spiro atoms. The van der Waals surface area contributed by atoms with E-state index in [9.17, 15) is 9.59 Å². The molecular weight excluding hydrogens is 382 g/mol. The van der Waals surface area contributed by atoms with Gasteiger partial charge in [0.05, 0.1) is 25.6 Å². The van der Waals surface area contributed by atoms with Gasteiger partial charge in [-0.05, 0) is 41.5 Å². The molecule has 0 aromatic heterocycles. The molecule has 30 heavy (non-hydrogen) atoms. The van der Waals surface area contributed by atoms with Gasteiger partial charge in [-0.15, -0.1) is 0 Å². The number of nitrogens with zero attached hydrogens (tertiary/aromatic N) is 1. The predicted octanol–water partition coefficient (Wildman–Crippen LogP) is 4.03. The maximum absolute atomic E-state index is 12.6. The van der Waals surface area contributed by atoms with Crippen LogP contribution < -0.4 is 0 Å². The van der Waals surface area contributed by atoms with Gasteiger partial charge >= 0.3 is 12.1 Å². The number of likely N-dealkylation sites (tertiary alicyclic amines) is 1. The Balaban J connectivity index is 1.21. The van der Waals surface area contributed by atoms with E-state index in [2.05, 4.69) is 24.3 Å². The molecule has 6 nitrogen and oxygen atoms in total. The SMILES string of the molecule is O=C(O)CC1CCCC2(CN(C(=O)OCC3c4ccccc4-c4ccccc43)C2)O1. The molecule has 156 valence electrons. The van der Waals surface area contributed by atoms with Crippen molar-refractivity contribution in [1.82, 2.24) is 4.90 Å². The van der Waals surface area contributed by atoms with E-state index in [1.165, 1.54) is 22.3 Å². The molecule has 1 N–H and O–H groups in total. The van der Waals surface area contributed by atoms with Crippen LogP contribution in [0, 0.1) is 0 Å². The summed E-state index contributed by atoms with van der Waals surface area (Å²) >= 11 is 0. The summed E-state index contributed by atoms with van der Waals surface area (Å²) in [5.41, 5.74) is 4.40. The molecular formula is C24H25NO5. The number of hydrogen-bond acceptors (Lipinski definition) is 4. The molecule has 2 aromatic carbocycles. The van der Waals surface area contributed by atoms with Gasteiger partial charge in [0.2, 0.25) is 0 Å². The molecule has 2 aromatic rings. The maximum Gasteiger partial charge on any atom is 0.409 e. The molecule has 0 saturated carbocycles. The summed E-state index contributed by atoms with van der Waals surface area (Å²) in [5, 5.41) is 9.02. The summed E-state index contributed by atoms with van der Waals surface area (Å²) in [6.45, 7) is 1.25. The number of benzene rings is 2. The zero-order valence-electron chi connectivity index (χ0n) is 16.8. The van der Waals surface area contributed by atoms with E-state index in [0.717, 1.165) is 19.3 Å². The van der Waals surface area contributed by atoms with Gasteiger partial charge in [0.25, 0.3) is 0 Å². The molecule has 5 rings (SSSR count). The molecule has 1 aliphatic carbocycles. The normalized spacial score (nSPS) is 21.6. The zero-order chi connectivity index (χ0) is 20.7. The minimum Gasteiger partial charge on any atom is -0.481 e. The third-order valence-corrected chi connectivity index (χ3v) is 6.53. The third-order valence-electron chi connectivity index (χ3n) is 6.53. The fraction of sp³-hybridized carbons (Fsp3) is 0.417. The van der Waals surface area contributed by atoms with Crippen LogP contribution in [0.3, 0.4) is 0 Å². The first-order valence-electron chi connectivity index (χ1n) is 10.5. The lowest BCUT2D eigenvalue weighted by molar-refractivity contribution is -0.195. The van der Waals surface area contributed by atoms with Gasteiger partial charge in [-0.1, -0.05) is 48.5 Å². The molecule has 1 amide bonds. The summed E-state index contributed by atoms with van der Waals surface area (Å²) in [6.07, 6.45) is 1.98. The molecule has 2 saturated heterocycles. The summed E-state index contributed by atoms with van der Waals surface area (Å²) in [5.74, 6) is -0.799. The van der Waals surface area contributed by atoms with Crippen molar-refractivity contribution in [2.24, 2.45) is 0 Å². The Morgan fingerprint density at radius 3 is 2.33 bits per heavy atom. The Hall–Kier alpha value is -2.86. The highest BCUT2D eigenvalue weighted by Gasteiger charge is 2.50. The number of carboxylic acids is 1. The van der Waals surface area contributed by atoms with Crippen LogP contribution in [0.15, 0.2) is 48.5 Å². The Bertz CT molecular complexity index is 936. The van der Waals surface area contributed by atoms with E-state index in [0.29, 0.717) is 19.7 Å². The quantitative estimate of drug-likeness (QED) is 0.828. The van der Waals surface area contributed by atoms with Gasteiger partial charge in [-0.3, -0.25) is 4.79 Å². The molecule has 2 fully saturated rings. The lowest BCUT2D eigenvalue weighted by atomic mass is 9.84. The highest BCUT2D eigenvalue weighted by atomic mass is 16.6. The second-order valence-electron chi connectivity index (χ2n) is 8.57. The van der Waals surface area contributed by atoms with Gasteiger partial charge < -0.3 is 19.5 Å². The van der Waals surface area contributed by atoms with E-state index in [-0.39, 0.29) is 24.5 Å². The van der Waals surface area contributed by atoms with Crippen molar-refractivity contribution in [2.45, 2.75) is 43.3 Å². The number of hydrogen-bond donors (Lipinski definition) is 1. The third kappa shape index (κ3) is 3.35. The van der Waals surface area contributed by atoms with Crippen LogP contribution in [0.2, 0.25) is 0 Å². The summed E-state index contributed by atoms with van der Waals surface area (Å²) < 4.78 is 11.7. The van der Waals surface area contributed by atoms with E-state index < -0.39 is 11.6 Å². The minimum atomic E-state index is -0.843. The second-order valence-corrected chi connectivity index (χ2v) is 8.57. The Labute approximate surface area is 175 Å². The maximum atomic E-state index is 12.6. The summed E-state index contributed by atoms with van der Waals surface area (Å²) in [4.78, 5) is 25.3. The Morgan fingerprint density at radius 1 is 1.07 bits per heavy atom. The second kappa shape index (κ2) is 7.43. The topological polar surface area (TPSA) is 76.1 Å². The minimum absolute atomic E-state index is 0.0205. The van der Waals surface area contributed by atoms with Gasteiger partial charge in [-0.2, -0.15) is 0 Å². The Morgan fingerprint density at radius 2 is 1.70 bits per heavy atom. The first-order valence-corrected chi connectivity index (χ1v) is 10.5. The number of carbonyl (C=O) groups is 2.